The molecule has 1 aromatic rings. The summed E-state index contributed by atoms with van der Waals surface area (Å²) in [6.07, 6.45) is 6.81. The second kappa shape index (κ2) is 8.90. The first kappa shape index (κ1) is 20.6. The lowest BCUT2D eigenvalue weighted by atomic mass is 9.78. The van der Waals surface area contributed by atoms with Crippen molar-refractivity contribution in [2.24, 2.45) is 17.6 Å². The number of hydrogen-bond donors (Lipinski definition) is 2. The molecule has 2 saturated carbocycles. The predicted molar refractivity (Wildman–Crippen MR) is 103 cm³/mol. The van der Waals surface area contributed by atoms with Gasteiger partial charge >= 0.3 is 5.97 Å². The second-order valence-electron chi connectivity index (χ2n) is 8.10. The van der Waals surface area contributed by atoms with Crippen molar-refractivity contribution in [2.75, 3.05) is 13.7 Å². The number of amides is 1. The SMILES string of the molecule is CN(C(=O)[C@@H](N)[C@H]1CC[C@H](COc2ccc(C(=O)O)cc2F)CC1)C1CCC1. The van der Waals surface area contributed by atoms with E-state index < -0.39 is 17.8 Å². The number of benzene rings is 1. The number of nitrogens with two attached hydrogens (primary N) is 1. The highest BCUT2D eigenvalue weighted by atomic mass is 19.1. The molecule has 7 heteroatoms. The molecule has 1 aromatic carbocycles. The van der Waals surface area contributed by atoms with Gasteiger partial charge in [-0.3, -0.25) is 4.79 Å². The van der Waals surface area contributed by atoms with Crippen LogP contribution in [0.3, 0.4) is 0 Å². The van der Waals surface area contributed by atoms with Crippen molar-refractivity contribution in [3.8, 4) is 5.75 Å². The fraction of sp³-hybridized carbons (Fsp3) is 0.619. The zero-order valence-corrected chi connectivity index (χ0v) is 16.3. The number of carbonyl (C=O) groups excluding carboxylic acids is 1. The van der Waals surface area contributed by atoms with Crippen molar-refractivity contribution >= 4 is 11.9 Å². The molecule has 2 aliphatic rings. The molecule has 0 heterocycles. The Labute approximate surface area is 164 Å². The molecule has 3 rings (SSSR count). The van der Waals surface area contributed by atoms with E-state index >= 15 is 0 Å². The van der Waals surface area contributed by atoms with E-state index in [1.165, 1.54) is 18.6 Å². The number of aromatic carboxylic acids is 1. The number of likely N-dealkylation sites (N-methyl/N-ethyl adjacent to an activating group) is 1. The molecule has 6 nitrogen and oxygen atoms in total. The standard InChI is InChI=1S/C21H29FN2O4/c1-24(16-3-2-4-16)20(25)19(23)14-7-5-13(6-8-14)12-28-18-10-9-15(21(26)27)11-17(18)22/h9-11,13-14,16,19H,2-8,12,23H2,1H3,(H,26,27)/t13-,14-,19-/m0/s1. The molecule has 0 aliphatic heterocycles. The lowest BCUT2D eigenvalue weighted by Crippen LogP contribution is -2.52. The topological polar surface area (TPSA) is 92.9 Å². The molecule has 2 fully saturated rings. The van der Waals surface area contributed by atoms with E-state index in [9.17, 15) is 14.0 Å². The minimum Gasteiger partial charge on any atom is -0.490 e. The van der Waals surface area contributed by atoms with Gasteiger partial charge in [-0.2, -0.15) is 0 Å². The number of ether oxygens (including phenoxy) is 1. The van der Waals surface area contributed by atoms with Crippen LogP contribution in [-0.4, -0.2) is 47.6 Å². The van der Waals surface area contributed by atoms with Crippen LogP contribution < -0.4 is 10.5 Å². The van der Waals surface area contributed by atoms with Crippen molar-refractivity contribution in [3.05, 3.63) is 29.6 Å². The number of hydrogen-bond acceptors (Lipinski definition) is 4. The van der Waals surface area contributed by atoms with Gasteiger partial charge in [-0.05, 0) is 75.0 Å². The van der Waals surface area contributed by atoms with Crippen LogP contribution in [0.2, 0.25) is 0 Å². The Morgan fingerprint density at radius 2 is 1.93 bits per heavy atom. The summed E-state index contributed by atoms with van der Waals surface area (Å²) >= 11 is 0. The lowest BCUT2D eigenvalue weighted by molar-refractivity contribution is -0.136. The first-order chi connectivity index (χ1) is 13.4. The van der Waals surface area contributed by atoms with Crippen molar-refractivity contribution in [1.82, 2.24) is 4.90 Å². The second-order valence-corrected chi connectivity index (χ2v) is 8.10. The normalized spacial score (nSPS) is 23.5. The number of rotatable bonds is 7. The van der Waals surface area contributed by atoms with Gasteiger partial charge in [0.05, 0.1) is 18.2 Å². The maximum atomic E-state index is 13.9. The Kier molecular flexibility index (Phi) is 6.54. The Morgan fingerprint density at radius 1 is 1.25 bits per heavy atom. The van der Waals surface area contributed by atoms with Crippen LogP contribution in [0.25, 0.3) is 0 Å². The summed E-state index contributed by atoms with van der Waals surface area (Å²) in [5.74, 6) is -1.26. The lowest BCUT2D eigenvalue weighted by Gasteiger charge is -2.38. The van der Waals surface area contributed by atoms with Crippen molar-refractivity contribution in [1.29, 1.82) is 0 Å². The number of carbonyl (C=O) groups is 2. The fourth-order valence-corrected chi connectivity index (χ4v) is 4.06. The van der Waals surface area contributed by atoms with E-state index in [2.05, 4.69) is 0 Å². The number of halogens is 1. The molecule has 0 spiro atoms. The number of nitrogens with zero attached hydrogens (tertiary/aromatic N) is 1. The van der Waals surface area contributed by atoms with Crippen LogP contribution in [0.5, 0.6) is 5.75 Å². The highest BCUT2D eigenvalue weighted by Gasteiger charge is 2.34. The van der Waals surface area contributed by atoms with Crippen LogP contribution >= 0.6 is 0 Å². The minimum absolute atomic E-state index is 0.0463. The summed E-state index contributed by atoms with van der Waals surface area (Å²) in [6.45, 7) is 0.376. The van der Waals surface area contributed by atoms with E-state index in [4.69, 9.17) is 15.6 Å². The monoisotopic (exact) mass is 392 g/mol. The Morgan fingerprint density at radius 3 is 2.46 bits per heavy atom. The molecule has 3 N–H and O–H groups in total. The highest BCUT2D eigenvalue weighted by molar-refractivity contribution is 5.87. The van der Waals surface area contributed by atoms with Gasteiger partial charge in [0, 0.05) is 13.1 Å². The maximum absolute atomic E-state index is 13.9. The third-order valence-corrected chi connectivity index (χ3v) is 6.31. The van der Waals surface area contributed by atoms with Crippen LogP contribution in [0.4, 0.5) is 4.39 Å². The van der Waals surface area contributed by atoms with Gasteiger partial charge in [0.25, 0.3) is 0 Å². The van der Waals surface area contributed by atoms with Gasteiger partial charge in [-0.25, -0.2) is 9.18 Å². The fourth-order valence-electron chi connectivity index (χ4n) is 4.06. The van der Waals surface area contributed by atoms with E-state index in [1.54, 1.807) is 0 Å². The first-order valence-corrected chi connectivity index (χ1v) is 10.0. The molecule has 0 bridgehead atoms. The van der Waals surface area contributed by atoms with Gasteiger partial charge in [-0.15, -0.1) is 0 Å². The molecule has 0 radical (unpaired) electrons. The van der Waals surface area contributed by atoms with Crippen molar-refractivity contribution in [2.45, 2.75) is 57.0 Å². The smallest absolute Gasteiger partial charge is 0.335 e. The molecule has 28 heavy (non-hydrogen) atoms. The Hall–Kier alpha value is -2.15. The summed E-state index contributed by atoms with van der Waals surface area (Å²) in [5.41, 5.74) is 6.16. The summed E-state index contributed by atoms with van der Waals surface area (Å²) in [4.78, 5) is 25.3. The molecule has 1 atom stereocenters. The van der Waals surface area contributed by atoms with Gasteiger partial charge in [0.2, 0.25) is 5.91 Å². The Balaban J connectivity index is 1.45. The summed E-state index contributed by atoms with van der Waals surface area (Å²) in [6, 6.07) is 3.56. The molecule has 0 saturated heterocycles. The number of carboxylic acid groups (broad SMARTS) is 1. The molecule has 0 aromatic heterocycles. The average molecular weight is 392 g/mol. The molecule has 154 valence electrons. The summed E-state index contributed by atoms with van der Waals surface area (Å²) in [7, 11) is 1.86. The Bertz CT molecular complexity index is 714. The molecular weight excluding hydrogens is 363 g/mol. The van der Waals surface area contributed by atoms with Gasteiger partial charge in [0.15, 0.2) is 11.6 Å². The van der Waals surface area contributed by atoms with E-state index in [0.29, 0.717) is 12.6 Å². The van der Waals surface area contributed by atoms with Crippen molar-refractivity contribution in [3.63, 3.8) is 0 Å². The van der Waals surface area contributed by atoms with E-state index in [1.807, 2.05) is 11.9 Å². The maximum Gasteiger partial charge on any atom is 0.335 e. The van der Waals surface area contributed by atoms with Crippen LogP contribution in [0.15, 0.2) is 18.2 Å². The molecule has 2 aliphatic carbocycles. The summed E-state index contributed by atoms with van der Waals surface area (Å²) < 4.78 is 19.5. The largest absolute Gasteiger partial charge is 0.490 e. The zero-order chi connectivity index (χ0) is 20.3. The highest BCUT2D eigenvalue weighted by Crippen LogP contribution is 2.32. The van der Waals surface area contributed by atoms with Crippen LogP contribution in [0.1, 0.15) is 55.3 Å². The van der Waals surface area contributed by atoms with E-state index in [-0.39, 0.29) is 29.1 Å². The van der Waals surface area contributed by atoms with Gasteiger partial charge in [-0.1, -0.05) is 0 Å². The third-order valence-electron chi connectivity index (χ3n) is 6.31. The average Bonchev–Trinajstić information content (AvgIpc) is 2.64. The quantitative estimate of drug-likeness (QED) is 0.744. The minimum atomic E-state index is -1.17. The first-order valence-electron chi connectivity index (χ1n) is 10.0. The third kappa shape index (κ3) is 4.63. The predicted octanol–water partition coefficient (Wildman–Crippen LogP) is 3.05. The summed E-state index contributed by atoms with van der Waals surface area (Å²) in [5, 5.41) is 8.88. The van der Waals surface area contributed by atoms with E-state index in [0.717, 1.165) is 44.6 Å². The molecular formula is C21H29FN2O4. The molecule has 1 amide bonds. The van der Waals surface area contributed by atoms with Crippen molar-refractivity contribution < 1.29 is 23.8 Å². The molecule has 0 unspecified atom stereocenters. The van der Waals surface area contributed by atoms with Gasteiger partial charge < -0.3 is 20.5 Å². The number of carboxylic acids is 1. The zero-order valence-electron chi connectivity index (χ0n) is 16.3. The van der Waals surface area contributed by atoms with Gasteiger partial charge in [0.1, 0.15) is 0 Å². The van der Waals surface area contributed by atoms with Crippen LogP contribution in [0, 0.1) is 17.7 Å². The van der Waals surface area contributed by atoms with Crippen LogP contribution in [-0.2, 0) is 4.79 Å².